The third-order valence-electron chi connectivity index (χ3n) is 2.59. The van der Waals surface area contributed by atoms with Crippen LogP contribution in [0.5, 0.6) is 0 Å². The van der Waals surface area contributed by atoms with E-state index in [9.17, 15) is 19.8 Å². The highest BCUT2D eigenvalue weighted by atomic mass is 16.4. The second kappa shape index (κ2) is 5.35. The molecule has 0 bridgehead atoms. The van der Waals surface area contributed by atoms with Crippen LogP contribution in [0.25, 0.3) is 0 Å². The standard InChI is InChI=1S/C9H15NO6/c11-3-5(12)9(16)8(15)4-1-6(13)10-7(14)2-4/h4-5,8-9,11-12,15-16H,1-3H2,(H,10,13,14)/t5-,8+,9+/m0/s1. The summed E-state index contributed by atoms with van der Waals surface area (Å²) >= 11 is 0. The molecular formula is C9H15NO6. The number of hydrogen-bond donors (Lipinski definition) is 5. The van der Waals surface area contributed by atoms with Crippen LogP contribution in [0.4, 0.5) is 0 Å². The molecule has 2 amide bonds. The van der Waals surface area contributed by atoms with Crippen molar-refractivity contribution in [3.63, 3.8) is 0 Å². The first kappa shape index (κ1) is 13.0. The first-order valence-electron chi connectivity index (χ1n) is 4.93. The number of piperidine rings is 1. The van der Waals surface area contributed by atoms with Gasteiger partial charge in [0.15, 0.2) is 0 Å². The third-order valence-corrected chi connectivity index (χ3v) is 2.59. The molecule has 0 saturated carbocycles. The molecule has 1 heterocycles. The predicted molar refractivity (Wildman–Crippen MR) is 51.0 cm³/mol. The topological polar surface area (TPSA) is 127 Å². The first-order valence-corrected chi connectivity index (χ1v) is 4.93. The van der Waals surface area contributed by atoms with E-state index < -0.39 is 42.7 Å². The summed E-state index contributed by atoms with van der Waals surface area (Å²) in [5, 5.41) is 38.8. The highest BCUT2D eigenvalue weighted by molar-refractivity contribution is 5.97. The largest absolute Gasteiger partial charge is 0.394 e. The molecule has 0 aromatic carbocycles. The Morgan fingerprint density at radius 1 is 1.19 bits per heavy atom. The van der Waals surface area contributed by atoms with Gasteiger partial charge in [0, 0.05) is 18.8 Å². The second-order valence-corrected chi connectivity index (χ2v) is 3.87. The van der Waals surface area contributed by atoms with E-state index in [1.807, 2.05) is 0 Å². The van der Waals surface area contributed by atoms with Crippen molar-refractivity contribution < 1.29 is 30.0 Å². The molecule has 16 heavy (non-hydrogen) atoms. The van der Waals surface area contributed by atoms with E-state index in [4.69, 9.17) is 10.2 Å². The number of hydrogen-bond acceptors (Lipinski definition) is 6. The molecule has 1 aliphatic rings. The minimum absolute atomic E-state index is 0.0951. The van der Waals surface area contributed by atoms with Crippen LogP contribution in [0.2, 0.25) is 0 Å². The van der Waals surface area contributed by atoms with E-state index >= 15 is 0 Å². The molecule has 1 rings (SSSR count). The zero-order valence-electron chi connectivity index (χ0n) is 8.54. The van der Waals surface area contributed by atoms with Crippen LogP contribution < -0.4 is 5.32 Å². The average Bonchev–Trinajstić information content (AvgIpc) is 2.24. The molecule has 0 spiro atoms. The quantitative estimate of drug-likeness (QED) is 0.332. The third kappa shape index (κ3) is 2.99. The van der Waals surface area contributed by atoms with Gasteiger partial charge in [-0.2, -0.15) is 0 Å². The van der Waals surface area contributed by atoms with Gasteiger partial charge in [-0.1, -0.05) is 0 Å². The van der Waals surface area contributed by atoms with E-state index in [2.05, 4.69) is 5.32 Å². The molecule has 0 aromatic heterocycles. The lowest BCUT2D eigenvalue weighted by Crippen LogP contribution is -2.49. The zero-order valence-corrected chi connectivity index (χ0v) is 8.54. The molecule has 0 aliphatic carbocycles. The molecule has 7 nitrogen and oxygen atoms in total. The highest BCUT2D eigenvalue weighted by Gasteiger charge is 2.36. The van der Waals surface area contributed by atoms with Crippen LogP contribution in [0.3, 0.4) is 0 Å². The molecule has 1 saturated heterocycles. The maximum atomic E-state index is 11.0. The molecule has 92 valence electrons. The van der Waals surface area contributed by atoms with Crippen LogP contribution >= 0.6 is 0 Å². The van der Waals surface area contributed by atoms with Gasteiger partial charge in [-0.15, -0.1) is 0 Å². The zero-order chi connectivity index (χ0) is 12.3. The maximum absolute atomic E-state index is 11.0. The molecule has 7 heteroatoms. The SMILES string of the molecule is O=C1CC([C@@H](O)[C@H](O)[C@@H](O)CO)CC(=O)N1. The van der Waals surface area contributed by atoms with E-state index in [1.54, 1.807) is 0 Å². The summed E-state index contributed by atoms with van der Waals surface area (Å²) in [7, 11) is 0. The fourth-order valence-electron chi connectivity index (χ4n) is 1.66. The first-order chi connectivity index (χ1) is 7.45. The Morgan fingerprint density at radius 3 is 2.12 bits per heavy atom. The van der Waals surface area contributed by atoms with Gasteiger partial charge in [-0.3, -0.25) is 14.9 Å². The summed E-state index contributed by atoms with van der Waals surface area (Å²) in [5.74, 6) is -1.78. The molecule has 5 N–H and O–H groups in total. The number of imide groups is 1. The monoisotopic (exact) mass is 233 g/mol. The van der Waals surface area contributed by atoms with Gasteiger partial charge < -0.3 is 20.4 Å². The molecular weight excluding hydrogens is 218 g/mol. The lowest BCUT2D eigenvalue weighted by molar-refractivity contribution is -0.141. The fourth-order valence-corrected chi connectivity index (χ4v) is 1.66. The van der Waals surface area contributed by atoms with Crippen LogP contribution in [-0.4, -0.2) is 57.2 Å². The number of carbonyl (C=O) groups is 2. The minimum atomic E-state index is -1.58. The summed E-state index contributed by atoms with van der Waals surface area (Å²) in [6.45, 7) is -0.703. The van der Waals surface area contributed by atoms with Crippen molar-refractivity contribution in [2.24, 2.45) is 5.92 Å². The smallest absolute Gasteiger partial charge is 0.226 e. The molecule has 3 atom stereocenters. The number of amides is 2. The van der Waals surface area contributed by atoms with E-state index in [0.29, 0.717) is 0 Å². The average molecular weight is 233 g/mol. The number of carbonyl (C=O) groups excluding carboxylic acids is 2. The Hall–Kier alpha value is -1.02. The Labute approximate surface area is 91.7 Å². The fraction of sp³-hybridized carbons (Fsp3) is 0.778. The predicted octanol–water partition coefficient (Wildman–Crippen LogP) is -2.89. The van der Waals surface area contributed by atoms with E-state index in [0.717, 1.165) is 0 Å². The normalized spacial score (nSPS) is 23.8. The van der Waals surface area contributed by atoms with Gasteiger partial charge in [0.05, 0.1) is 12.7 Å². The van der Waals surface area contributed by atoms with Crippen molar-refractivity contribution in [1.82, 2.24) is 5.32 Å². The number of aliphatic hydroxyl groups is 4. The number of rotatable bonds is 4. The Balaban J connectivity index is 2.62. The van der Waals surface area contributed by atoms with Crippen molar-refractivity contribution in [1.29, 1.82) is 0 Å². The summed E-state index contributed by atoms with van der Waals surface area (Å²) in [4.78, 5) is 22.0. The van der Waals surface area contributed by atoms with E-state index in [1.165, 1.54) is 0 Å². The van der Waals surface area contributed by atoms with Crippen LogP contribution in [0.15, 0.2) is 0 Å². The van der Waals surface area contributed by atoms with Gasteiger partial charge >= 0.3 is 0 Å². The van der Waals surface area contributed by atoms with Gasteiger partial charge in [-0.05, 0) is 0 Å². The Bertz CT molecular complexity index is 265. The van der Waals surface area contributed by atoms with Crippen molar-refractivity contribution in [3.05, 3.63) is 0 Å². The van der Waals surface area contributed by atoms with Crippen LogP contribution in [-0.2, 0) is 9.59 Å². The summed E-state index contributed by atoms with van der Waals surface area (Å²) in [5.41, 5.74) is 0. The number of nitrogens with one attached hydrogen (secondary N) is 1. The lowest BCUT2D eigenvalue weighted by atomic mass is 9.87. The van der Waals surface area contributed by atoms with E-state index in [-0.39, 0.29) is 12.8 Å². The van der Waals surface area contributed by atoms with Crippen molar-refractivity contribution >= 4 is 11.8 Å². The molecule has 0 aromatic rings. The Morgan fingerprint density at radius 2 is 1.69 bits per heavy atom. The van der Waals surface area contributed by atoms with Gasteiger partial charge in [0.2, 0.25) is 11.8 Å². The van der Waals surface area contributed by atoms with Gasteiger partial charge in [-0.25, -0.2) is 0 Å². The maximum Gasteiger partial charge on any atom is 0.226 e. The second-order valence-electron chi connectivity index (χ2n) is 3.87. The summed E-state index contributed by atoms with van der Waals surface area (Å²) < 4.78 is 0. The molecule has 0 radical (unpaired) electrons. The summed E-state index contributed by atoms with van der Waals surface area (Å²) in [6.07, 6.45) is -4.68. The molecule has 1 aliphatic heterocycles. The Kier molecular flexibility index (Phi) is 4.36. The minimum Gasteiger partial charge on any atom is -0.394 e. The highest BCUT2D eigenvalue weighted by Crippen LogP contribution is 2.21. The van der Waals surface area contributed by atoms with Crippen LogP contribution in [0.1, 0.15) is 12.8 Å². The van der Waals surface area contributed by atoms with Crippen molar-refractivity contribution in [3.8, 4) is 0 Å². The molecule has 1 fully saturated rings. The number of aliphatic hydroxyl groups excluding tert-OH is 4. The van der Waals surface area contributed by atoms with Gasteiger partial charge in [0.1, 0.15) is 12.2 Å². The van der Waals surface area contributed by atoms with Gasteiger partial charge in [0.25, 0.3) is 0 Å². The molecule has 0 unspecified atom stereocenters. The van der Waals surface area contributed by atoms with Crippen LogP contribution in [0, 0.1) is 5.92 Å². The summed E-state index contributed by atoms with van der Waals surface area (Å²) in [6, 6.07) is 0. The van der Waals surface area contributed by atoms with Crippen molar-refractivity contribution in [2.45, 2.75) is 31.2 Å². The lowest BCUT2D eigenvalue weighted by Gasteiger charge is -2.30. The van der Waals surface area contributed by atoms with Crippen molar-refractivity contribution in [2.75, 3.05) is 6.61 Å².